The van der Waals surface area contributed by atoms with Crippen LogP contribution in [0.1, 0.15) is 33.6 Å². The number of nitrogens with zero attached hydrogens (tertiary/aromatic N) is 4. The van der Waals surface area contributed by atoms with Gasteiger partial charge in [-0.25, -0.2) is 9.18 Å². The lowest BCUT2D eigenvalue weighted by Crippen LogP contribution is -2.42. The Kier molecular flexibility index (Phi) is 7.38. The van der Waals surface area contributed by atoms with Gasteiger partial charge in [-0.15, -0.1) is 0 Å². The van der Waals surface area contributed by atoms with Crippen LogP contribution < -0.4 is 10.2 Å². The van der Waals surface area contributed by atoms with Crippen LogP contribution in [0.2, 0.25) is 0 Å². The molecular formula is C20H24FN5O3. The van der Waals surface area contributed by atoms with Crippen LogP contribution in [0, 0.1) is 34.4 Å². The number of carbonyl (C=O) groups excluding carboxylic acids is 1. The lowest BCUT2D eigenvalue weighted by molar-refractivity contribution is 0.0165. The van der Waals surface area contributed by atoms with Crippen molar-refractivity contribution in [2.45, 2.75) is 39.2 Å². The van der Waals surface area contributed by atoms with Crippen LogP contribution in [0.3, 0.4) is 0 Å². The van der Waals surface area contributed by atoms with Crippen molar-refractivity contribution in [1.82, 2.24) is 4.90 Å². The molecule has 154 valence electrons. The summed E-state index contributed by atoms with van der Waals surface area (Å²) >= 11 is 0. The van der Waals surface area contributed by atoms with E-state index in [4.69, 9.17) is 20.0 Å². The molecule has 1 aliphatic heterocycles. The first-order valence-electron chi connectivity index (χ1n) is 9.26. The van der Waals surface area contributed by atoms with Gasteiger partial charge < -0.3 is 14.4 Å². The van der Waals surface area contributed by atoms with Gasteiger partial charge in [0, 0.05) is 13.1 Å². The zero-order valence-corrected chi connectivity index (χ0v) is 16.7. The number of carbonyl (C=O) groups is 1. The number of benzene rings is 1. The molecule has 0 atom stereocenters. The molecule has 1 aliphatic rings. The summed E-state index contributed by atoms with van der Waals surface area (Å²) in [4.78, 5) is 13.8. The Bertz CT molecular complexity index is 827. The fourth-order valence-electron chi connectivity index (χ4n) is 2.74. The highest BCUT2D eigenvalue weighted by Gasteiger charge is 2.27. The molecule has 1 saturated heterocycles. The molecule has 1 amide bonds. The number of nitriles is 2. The first-order valence-corrected chi connectivity index (χ1v) is 9.26. The average Bonchev–Trinajstić information content (AvgIpc) is 2.67. The quantitative estimate of drug-likeness (QED) is 0.595. The van der Waals surface area contributed by atoms with E-state index in [2.05, 4.69) is 10.5 Å². The van der Waals surface area contributed by atoms with Gasteiger partial charge in [0.25, 0.3) is 0 Å². The summed E-state index contributed by atoms with van der Waals surface area (Å²) in [6.07, 6.45) is 1.16. The number of ether oxygens (including phenoxy) is 2. The summed E-state index contributed by atoms with van der Waals surface area (Å²) in [6, 6.07) is 7.49. The Labute approximate surface area is 169 Å². The molecule has 1 aromatic rings. The van der Waals surface area contributed by atoms with Crippen LogP contribution in [-0.2, 0) is 4.74 Å². The van der Waals surface area contributed by atoms with Crippen LogP contribution in [-0.4, -0.2) is 42.0 Å². The SMILES string of the molecule is CC(C)(C)OC(=O)N1CCC(COc2cccc(F)c2NN=C(C#N)C#N)CC1. The Morgan fingerprint density at radius 1 is 1.31 bits per heavy atom. The fraction of sp³-hybridized carbons (Fsp3) is 0.500. The van der Waals surface area contributed by atoms with Crippen LogP contribution in [0.15, 0.2) is 23.3 Å². The first-order chi connectivity index (χ1) is 13.7. The third kappa shape index (κ3) is 6.65. The van der Waals surface area contributed by atoms with Crippen molar-refractivity contribution < 1.29 is 18.7 Å². The maximum Gasteiger partial charge on any atom is 0.410 e. The average molecular weight is 401 g/mol. The molecule has 0 saturated carbocycles. The van der Waals surface area contributed by atoms with Crippen LogP contribution in [0.5, 0.6) is 5.75 Å². The van der Waals surface area contributed by atoms with E-state index in [9.17, 15) is 9.18 Å². The summed E-state index contributed by atoms with van der Waals surface area (Å²) in [5.74, 6) is -0.179. The summed E-state index contributed by atoms with van der Waals surface area (Å²) < 4.78 is 25.3. The fourth-order valence-corrected chi connectivity index (χ4v) is 2.74. The van der Waals surface area contributed by atoms with Gasteiger partial charge in [-0.2, -0.15) is 15.6 Å². The number of hydrogen-bond donors (Lipinski definition) is 1. The summed E-state index contributed by atoms with van der Waals surface area (Å²) in [6.45, 7) is 6.96. The van der Waals surface area contributed by atoms with Gasteiger partial charge in [-0.3, -0.25) is 5.43 Å². The number of hydrogen-bond acceptors (Lipinski definition) is 7. The maximum atomic E-state index is 14.1. The molecule has 0 spiro atoms. The largest absolute Gasteiger partial charge is 0.491 e. The number of rotatable bonds is 5. The van der Waals surface area contributed by atoms with Crippen molar-refractivity contribution >= 4 is 17.5 Å². The van der Waals surface area contributed by atoms with E-state index in [0.717, 1.165) is 12.8 Å². The molecular weight excluding hydrogens is 377 g/mol. The van der Waals surface area contributed by atoms with E-state index < -0.39 is 17.1 Å². The highest BCUT2D eigenvalue weighted by atomic mass is 19.1. The van der Waals surface area contributed by atoms with Crippen molar-refractivity contribution in [2.24, 2.45) is 11.0 Å². The third-order valence-electron chi connectivity index (χ3n) is 4.21. The van der Waals surface area contributed by atoms with E-state index in [-0.39, 0.29) is 23.4 Å². The summed E-state index contributed by atoms with van der Waals surface area (Å²) in [7, 11) is 0. The molecule has 2 rings (SSSR count). The normalized spacial score (nSPS) is 14.3. The number of halogens is 1. The van der Waals surface area contributed by atoms with Gasteiger partial charge in [0.05, 0.1) is 6.61 Å². The van der Waals surface area contributed by atoms with Crippen molar-refractivity contribution in [3.63, 3.8) is 0 Å². The number of likely N-dealkylation sites (tertiary alicyclic amines) is 1. The van der Waals surface area contributed by atoms with E-state index in [0.29, 0.717) is 19.7 Å². The minimum Gasteiger partial charge on any atom is -0.491 e. The topological polar surface area (TPSA) is 111 Å². The second kappa shape index (κ2) is 9.74. The lowest BCUT2D eigenvalue weighted by Gasteiger charge is -2.33. The van der Waals surface area contributed by atoms with E-state index in [1.165, 1.54) is 12.1 Å². The van der Waals surface area contributed by atoms with Gasteiger partial charge >= 0.3 is 6.09 Å². The molecule has 0 unspecified atom stereocenters. The highest BCUT2D eigenvalue weighted by molar-refractivity contribution is 6.10. The summed E-state index contributed by atoms with van der Waals surface area (Å²) in [5, 5.41) is 21.0. The van der Waals surface area contributed by atoms with Crippen molar-refractivity contribution in [1.29, 1.82) is 10.5 Å². The molecule has 0 radical (unpaired) electrons. The van der Waals surface area contributed by atoms with E-state index >= 15 is 0 Å². The number of hydrazone groups is 1. The summed E-state index contributed by atoms with van der Waals surface area (Å²) in [5.41, 5.74) is 1.40. The number of nitrogens with one attached hydrogen (secondary N) is 1. The van der Waals surface area contributed by atoms with E-state index in [1.807, 2.05) is 20.8 Å². The van der Waals surface area contributed by atoms with Gasteiger partial charge in [0.1, 0.15) is 29.2 Å². The second-order valence-corrected chi connectivity index (χ2v) is 7.63. The Hall–Kier alpha value is -3.33. The monoisotopic (exact) mass is 401 g/mol. The number of anilines is 1. The van der Waals surface area contributed by atoms with Gasteiger partial charge in [-0.1, -0.05) is 6.07 Å². The smallest absolute Gasteiger partial charge is 0.410 e. The zero-order valence-electron chi connectivity index (χ0n) is 16.7. The number of amides is 1. The van der Waals surface area contributed by atoms with E-state index in [1.54, 1.807) is 23.1 Å². The van der Waals surface area contributed by atoms with Crippen LogP contribution in [0.4, 0.5) is 14.9 Å². The minimum atomic E-state index is -0.610. The second-order valence-electron chi connectivity index (χ2n) is 7.63. The Balaban J connectivity index is 1.92. The molecule has 0 aliphatic carbocycles. The van der Waals surface area contributed by atoms with Crippen LogP contribution in [0.25, 0.3) is 0 Å². The molecule has 0 bridgehead atoms. The zero-order chi connectivity index (χ0) is 21.4. The van der Waals surface area contributed by atoms with Gasteiger partial charge in [-0.05, 0) is 51.7 Å². The highest BCUT2D eigenvalue weighted by Crippen LogP contribution is 2.29. The Morgan fingerprint density at radius 2 is 1.97 bits per heavy atom. The van der Waals surface area contributed by atoms with Crippen molar-refractivity contribution in [3.05, 3.63) is 24.0 Å². The van der Waals surface area contributed by atoms with Crippen molar-refractivity contribution in [3.8, 4) is 17.9 Å². The number of para-hydroxylation sites is 1. The maximum absolute atomic E-state index is 14.1. The predicted octanol–water partition coefficient (Wildman–Crippen LogP) is 3.67. The molecule has 29 heavy (non-hydrogen) atoms. The number of piperidine rings is 1. The molecule has 0 aromatic heterocycles. The first kappa shape index (κ1) is 22.0. The predicted molar refractivity (Wildman–Crippen MR) is 105 cm³/mol. The molecule has 1 fully saturated rings. The molecule has 1 aromatic carbocycles. The van der Waals surface area contributed by atoms with Crippen LogP contribution >= 0.6 is 0 Å². The minimum absolute atomic E-state index is 0.0401. The standard InChI is InChI=1S/C20H24FN5O3/c1-20(2,3)29-19(27)26-9-7-14(8-10-26)13-28-17-6-4-5-16(21)18(17)25-24-15(11-22)12-23/h4-6,14,25H,7-10,13H2,1-3H3. The molecule has 9 heteroatoms. The van der Waals surface area contributed by atoms with Crippen molar-refractivity contribution in [2.75, 3.05) is 25.1 Å². The van der Waals surface area contributed by atoms with Gasteiger partial charge in [0.15, 0.2) is 5.82 Å². The lowest BCUT2D eigenvalue weighted by atomic mass is 9.98. The molecule has 1 heterocycles. The third-order valence-corrected chi connectivity index (χ3v) is 4.21. The van der Waals surface area contributed by atoms with Gasteiger partial charge in [0.2, 0.25) is 5.71 Å². The molecule has 8 nitrogen and oxygen atoms in total. The Morgan fingerprint density at radius 3 is 2.55 bits per heavy atom. The molecule has 1 N–H and O–H groups in total.